The number of fused-ring (bicyclic) bond motifs is 5. The van der Waals surface area contributed by atoms with Gasteiger partial charge in [-0.2, -0.15) is 0 Å². The zero-order chi connectivity index (χ0) is 21.0. The number of hydrogen-bond acceptors (Lipinski definition) is 1. The van der Waals surface area contributed by atoms with E-state index in [1.54, 1.807) is 0 Å². The number of aryl methyl sites for hydroxylation is 2. The van der Waals surface area contributed by atoms with Gasteiger partial charge in [0.25, 0.3) is 0 Å². The molecule has 0 radical (unpaired) electrons. The van der Waals surface area contributed by atoms with Gasteiger partial charge in [0.15, 0.2) is 6.20 Å². The minimum atomic E-state index is 0.260. The lowest BCUT2D eigenvalue weighted by Crippen LogP contribution is -2.31. The molecule has 3 aromatic carbocycles. The fraction of sp³-hybridized carbons (Fsp3) is 0.250. The van der Waals surface area contributed by atoms with Crippen LogP contribution in [0.4, 0.5) is 0 Å². The lowest BCUT2D eigenvalue weighted by molar-refractivity contribution is -0.660. The Hall–Kier alpha value is -3.13. The van der Waals surface area contributed by atoms with Gasteiger partial charge in [0.1, 0.15) is 18.2 Å². The van der Waals surface area contributed by atoms with Crippen LogP contribution in [0.25, 0.3) is 44.0 Å². The summed E-state index contributed by atoms with van der Waals surface area (Å²) in [6.07, 6.45) is 3.23. The zero-order valence-corrected chi connectivity index (χ0v) is 18.4. The summed E-state index contributed by atoms with van der Waals surface area (Å²) in [7, 11) is 2.12. The van der Waals surface area contributed by atoms with Crippen molar-refractivity contribution in [3.63, 3.8) is 0 Å². The first kappa shape index (κ1) is 18.9. The van der Waals surface area contributed by atoms with Crippen molar-refractivity contribution in [2.45, 2.75) is 34.1 Å². The summed E-state index contributed by atoms with van der Waals surface area (Å²) in [5.41, 5.74) is 7.23. The summed E-state index contributed by atoms with van der Waals surface area (Å²) >= 11 is 0. The van der Waals surface area contributed by atoms with Crippen molar-refractivity contribution in [2.75, 3.05) is 0 Å². The molecule has 0 bridgehead atoms. The van der Waals surface area contributed by atoms with E-state index in [0.717, 1.165) is 17.6 Å². The van der Waals surface area contributed by atoms with Gasteiger partial charge in [0.2, 0.25) is 5.69 Å². The quantitative estimate of drug-likeness (QED) is 0.291. The van der Waals surface area contributed by atoms with Crippen LogP contribution in [-0.2, 0) is 13.5 Å². The summed E-state index contributed by atoms with van der Waals surface area (Å²) in [5, 5.41) is 4.75. The van der Waals surface area contributed by atoms with Crippen molar-refractivity contribution in [3.8, 4) is 11.3 Å². The minimum Gasteiger partial charge on any atom is -0.455 e. The highest BCUT2D eigenvalue weighted by atomic mass is 16.3. The average molecular weight is 395 g/mol. The molecule has 0 fully saturated rings. The van der Waals surface area contributed by atoms with Crippen LogP contribution in [0.3, 0.4) is 0 Å². The smallest absolute Gasteiger partial charge is 0.212 e. The molecule has 0 N–H and O–H groups in total. The van der Waals surface area contributed by atoms with Gasteiger partial charge >= 0.3 is 0 Å². The molecule has 0 aliphatic carbocycles. The standard InChI is InChI=1S/C28H28NO/c1-18-21(25-16-19(14-15-29(25)5)17-28(2,3)4)12-13-23-24-11-10-20-8-6-7-9-22(20)27(24)30-26(18)23/h6-16H,17H2,1-5H3/q+1. The van der Waals surface area contributed by atoms with Gasteiger partial charge in [-0.25, -0.2) is 4.57 Å². The van der Waals surface area contributed by atoms with E-state index in [4.69, 9.17) is 4.42 Å². The molecule has 2 aromatic heterocycles. The maximum absolute atomic E-state index is 6.50. The Bertz CT molecular complexity index is 1420. The van der Waals surface area contributed by atoms with Gasteiger partial charge < -0.3 is 4.42 Å². The van der Waals surface area contributed by atoms with E-state index < -0.39 is 0 Å². The Morgan fingerprint density at radius 1 is 0.833 bits per heavy atom. The van der Waals surface area contributed by atoms with Crippen molar-refractivity contribution in [1.82, 2.24) is 0 Å². The molecule has 2 nitrogen and oxygen atoms in total. The third-order valence-corrected chi connectivity index (χ3v) is 6.00. The molecule has 2 heterocycles. The number of hydrogen-bond donors (Lipinski definition) is 0. The molecule has 5 rings (SSSR count). The van der Waals surface area contributed by atoms with Gasteiger partial charge in [-0.05, 0) is 47.9 Å². The summed E-state index contributed by atoms with van der Waals surface area (Å²) in [6.45, 7) is 9.04. The summed E-state index contributed by atoms with van der Waals surface area (Å²) in [5.74, 6) is 0. The largest absolute Gasteiger partial charge is 0.455 e. The minimum absolute atomic E-state index is 0.260. The maximum Gasteiger partial charge on any atom is 0.212 e. The Morgan fingerprint density at radius 2 is 1.57 bits per heavy atom. The molecule has 30 heavy (non-hydrogen) atoms. The second kappa shape index (κ2) is 6.70. The van der Waals surface area contributed by atoms with Crippen molar-refractivity contribution in [3.05, 3.63) is 78.0 Å². The van der Waals surface area contributed by atoms with Crippen molar-refractivity contribution in [2.24, 2.45) is 12.5 Å². The predicted molar refractivity (Wildman–Crippen MR) is 126 cm³/mol. The van der Waals surface area contributed by atoms with Crippen LogP contribution in [0.15, 0.2) is 71.3 Å². The number of pyridine rings is 1. The molecular weight excluding hydrogens is 366 g/mol. The Kier molecular flexibility index (Phi) is 4.21. The normalized spacial score (nSPS) is 12.3. The van der Waals surface area contributed by atoms with Gasteiger partial charge in [0.05, 0.1) is 5.56 Å². The molecule has 0 saturated carbocycles. The van der Waals surface area contributed by atoms with Crippen LogP contribution in [0.2, 0.25) is 0 Å². The van der Waals surface area contributed by atoms with Crippen LogP contribution in [0.5, 0.6) is 0 Å². The van der Waals surface area contributed by atoms with E-state index in [-0.39, 0.29) is 5.41 Å². The van der Waals surface area contributed by atoms with Gasteiger partial charge in [-0.1, -0.05) is 51.1 Å². The third-order valence-electron chi connectivity index (χ3n) is 6.00. The average Bonchev–Trinajstić information content (AvgIpc) is 3.09. The second-order valence-corrected chi connectivity index (χ2v) is 9.65. The monoisotopic (exact) mass is 394 g/mol. The molecule has 2 heteroatoms. The van der Waals surface area contributed by atoms with Crippen molar-refractivity contribution >= 4 is 32.7 Å². The van der Waals surface area contributed by atoms with Crippen molar-refractivity contribution in [1.29, 1.82) is 0 Å². The number of aromatic nitrogens is 1. The van der Waals surface area contributed by atoms with E-state index >= 15 is 0 Å². The number of benzene rings is 3. The lowest BCUT2D eigenvalue weighted by Gasteiger charge is -2.18. The van der Waals surface area contributed by atoms with Gasteiger partial charge in [-0.15, -0.1) is 0 Å². The summed E-state index contributed by atoms with van der Waals surface area (Å²) in [4.78, 5) is 0. The highest BCUT2D eigenvalue weighted by Crippen LogP contribution is 2.38. The molecule has 150 valence electrons. The molecule has 0 unspecified atom stereocenters. The number of nitrogens with zero attached hydrogens (tertiary/aromatic N) is 1. The lowest BCUT2D eigenvalue weighted by atomic mass is 9.88. The third kappa shape index (κ3) is 3.08. The van der Waals surface area contributed by atoms with E-state index in [1.165, 1.54) is 43.9 Å². The number of furan rings is 1. The first-order valence-electron chi connectivity index (χ1n) is 10.6. The molecule has 0 aliphatic heterocycles. The second-order valence-electron chi connectivity index (χ2n) is 9.65. The fourth-order valence-corrected chi connectivity index (χ4v) is 4.58. The topological polar surface area (TPSA) is 17.0 Å². The number of rotatable bonds is 2. The highest BCUT2D eigenvalue weighted by molar-refractivity contribution is 6.15. The molecule has 0 amide bonds. The highest BCUT2D eigenvalue weighted by Gasteiger charge is 2.20. The molecule has 5 aromatic rings. The van der Waals surface area contributed by atoms with Crippen LogP contribution in [-0.4, -0.2) is 0 Å². The molecule has 0 spiro atoms. The van der Waals surface area contributed by atoms with E-state index in [0.29, 0.717) is 0 Å². The molecule has 0 saturated heterocycles. The first-order chi connectivity index (χ1) is 14.3. The molecule has 0 atom stereocenters. The van der Waals surface area contributed by atoms with Crippen LogP contribution < -0.4 is 4.57 Å². The summed E-state index contributed by atoms with van der Waals surface area (Å²) < 4.78 is 8.71. The fourth-order valence-electron chi connectivity index (χ4n) is 4.58. The first-order valence-corrected chi connectivity index (χ1v) is 10.6. The van der Waals surface area contributed by atoms with Crippen LogP contribution in [0, 0.1) is 12.3 Å². The van der Waals surface area contributed by atoms with Gasteiger partial charge in [0, 0.05) is 33.9 Å². The SMILES string of the molecule is Cc1c(-c2cc(CC(C)(C)C)cc[n+]2C)ccc2c1oc1c3ccccc3ccc21. The molecule has 0 aliphatic rings. The van der Waals surface area contributed by atoms with E-state index in [1.807, 2.05) is 0 Å². The Morgan fingerprint density at radius 3 is 2.37 bits per heavy atom. The Labute approximate surface area is 177 Å². The van der Waals surface area contributed by atoms with Crippen LogP contribution >= 0.6 is 0 Å². The van der Waals surface area contributed by atoms with Crippen molar-refractivity contribution < 1.29 is 8.98 Å². The van der Waals surface area contributed by atoms with Crippen LogP contribution in [0.1, 0.15) is 31.9 Å². The Balaban J connectivity index is 1.73. The molecular formula is C28H28NO+. The van der Waals surface area contributed by atoms with Gasteiger partial charge in [-0.3, -0.25) is 0 Å². The van der Waals surface area contributed by atoms with E-state index in [9.17, 15) is 0 Å². The zero-order valence-electron chi connectivity index (χ0n) is 18.4. The predicted octanol–water partition coefficient (Wildman–Crippen LogP) is 7.13. The van der Waals surface area contributed by atoms with E-state index in [2.05, 4.69) is 106 Å². The summed E-state index contributed by atoms with van der Waals surface area (Å²) in [6, 6.07) is 21.8. The maximum atomic E-state index is 6.50.